The fraction of sp³-hybridized carbons (Fsp3) is 0.625. The fourth-order valence-electron chi connectivity index (χ4n) is 3.37. The van der Waals surface area contributed by atoms with Crippen LogP contribution in [0.4, 0.5) is 10.1 Å². The van der Waals surface area contributed by atoms with Crippen LogP contribution in [0.2, 0.25) is 0 Å². The maximum atomic E-state index is 13.7. The molecule has 1 aromatic rings. The van der Waals surface area contributed by atoms with E-state index in [4.69, 9.17) is 0 Å². The van der Waals surface area contributed by atoms with Crippen molar-refractivity contribution in [2.24, 2.45) is 0 Å². The summed E-state index contributed by atoms with van der Waals surface area (Å²) in [7, 11) is 0. The third-order valence-corrected chi connectivity index (χ3v) is 4.59. The average Bonchev–Trinajstić information content (AvgIpc) is 3.01. The van der Waals surface area contributed by atoms with Crippen molar-refractivity contribution in [2.75, 3.05) is 44.2 Å². The maximum absolute atomic E-state index is 13.7. The van der Waals surface area contributed by atoms with Gasteiger partial charge in [0.15, 0.2) is 0 Å². The monoisotopic (exact) mass is 277 g/mol. The molecule has 0 bridgehead atoms. The minimum atomic E-state index is -0.122. The van der Waals surface area contributed by atoms with Crippen LogP contribution in [0.15, 0.2) is 18.2 Å². The van der Waals surface area contributed by atoms with E-state index in [1.54, 1.807) is 12.1 Å². The molecule has 1 N–H and O–H groups in total. The molecule has 0 aromatic heterocycles. The summed E-state index contributed by atoms with van der Waals surface area (Å²) in [4.78, 5) is 4.83. The minimum Gasteiger partial charge on any atom is -0.371 e. The zero-order valence-electron chi connectivity index (χ0n) is 12.2. The Morgan fingerprint density at radius 3 is 2.50 bits per heavy atom. The van der Waals surface area contributed by atoms with Crippen LogP contribution in [-0.4, -0.2) is 44.2 Å². The van der Waals surface area contributed by atoms with E-state index in [0.717, 1.165) is 45.0 Å². The van der Waals surface area contributed by atoms with Crippen molar-refractivity contribution in [1.82, 2.24) is 10.2 Å². The van der Waals surface area contributed by atoms with E-state index in [1.165, 1.54) is 18.4 Å². The van der Waals surface area contributed by atoms with Crippen molar-refractivity contribution in [3.05, 3.63) is 29.6 Å². The summed E-state index contributed by atoms with van der Waals surface area (Å²) in [5.41, 5.74) is 2.38. The molecule has 2 fully saturated rings. The fourth-order valence-corrected chi connectivity index (χ4v) is 3.37. The Balaban J connectivity index is 1.86. The number of nitrogens with zero attached hydrogens (tertiary/aromatic N) is 2. The van der Waals surface area contributed by atoms with Gasteiger partial charge in [-0.15, -0.1) is 0 Å². The van der Waals surface area contributed by atoms with Gasteiger partial charge in [0.1, 0.15) is 5.82 Å². The maximum Gasteiger partial charge on any atom is 0.125 e. The van der Waals surface area contributed by atoms with Crippen molar-refractivity contribution in [3.8, 4) is 0 Å². The summed E-state index contributed by atoms with van der Waals surface area (Å²) in [6.07, 6.45) is 2.44. The second-order valence-corrected chi connectivity index (χ2v) is 5.86. The van der Waals surface area contributed by atoms with E-state index in [2.05, 4.69) is 22.0 Å². The van der Waals surface area contributed by atoms with Crippen molar-refractivity contribution < 1.29 is 4.39 Å². The van der Waals surface area contributed by atoms with E-state index in [-0.39, 0.29) is 5.82 Å². The van der Waals surface area contributed by atoms with Crippen LogP contribution in [0, 0.1) is 5.82 Å². The lowest BCUT2D eigenvalue weighted by atomic mass is 10.0. The normalized spacial score (nSPS) is 22.2. The van der Waals surface area contributed by atoms with Gasteiger partial charge in [0.2, 0.25) is 0 Å². The predicted octanol–water partition coefficient (Wildman–Crippen LogP) is 2.39. The summed E-state index contributed by atoms with van der Waals surface area (Å²) in [5.74, 6) is -0.122. The lowest BCUT2D eigenvalue weighted by Gasteiger charge is -2.35. The largest absolute Gasteiger partial charge is 0.371 e. The van der Waals surface area contributed by atoms with Crippen LogP contribution >= 0.6 is 0 Å². The molecule has 1 atom stereocenters. The molecule has 1 aromatic carbocycles. The Bertz CT molecular complexity index is 451. The number of anilines is 1. The van der Waals surface area contributed by atoms with Crippen LogP contribution < -0.4 is 10.2 Å². The lowest BCUT2D eigenvalue weighted by Crippen LogP contribution is -2.44. The Morgan fingerprint density at radius 1 is 1.10 bits per heavy atom. The first-order valence-electron chi connectivity index (χ1n) is 7.75. The van der Waals surface area contributed by atoms with Gasteiger partial charge >= 0.3 is 0 Å². The highest BCUT2D eigenvalue weighted by Crippen LogP contribution is 2.32. The van der Waals surface area contributed by atoms with Gasteiger partial charge in [0.25, 0.3) is 0 Å². The van der Waals surface area contributed by atoms with Crippen molar-refractivity contribution in [3.63, 3.8) is 0 Å². The summed E-state index contributed by atoms with van der Waals surface area (Å²) in [5, 5.41) is 3.39. The molecule has 2 aliphatic heterocycles. The quantitative estimate of drug-likeness (QED) is 0.915. The lowest BCUT2D eigenvalue weighted by molar-refractivity contribution is 0.185. The molecule has 2 heterocycles. The predicted molar refractivity (Wildman–Crippen MR) is 80.7 cm³/mol. The Kier molecular flexibility index (Phi) is 4.22. The smallest absolute Gasteiger partial charge is 0.125 e. The molecule has 0 saturated carbocycles. The average molecular weight is 277 g/mol. The van der Waals surface area contributed by atoms with Crippen LogP contribution in [0.25, 0.3) is 0 Å². The molecule has 110 valence electrons. The van der Waals surface area contributed by atoms with Crippen molar-refractivity contribution >= 4 is 5.69 Å². The molecule has 20 heavy (non-hydrogen) atoms. The number of hydrogen-bond donors (Lipinski definition) is 1. The topological polar surface area (TPSA) is 18.5 Å². The first-order valence-corrected chi connectivity index (χ1v) is 7.75. The van der Waals surface area contributed by atoms with Gasteiger partial charge in [-0.05, 0) is 37.5 Å². The number of rotatable bonds is 3. The van der Waals surface area contributed by atoms with E-state index in [0.29, 0.717) is 6.04 Å². The van der Waals surface area contributed by atoms with Gasteiger partial charge in [-0.3, -0.25) is 4.90 Å². The number of piperazine rings is 1. The summed E-state index contributed by atoms with van der Waals surface area (Å²) in [6, 6.07) is 5.66. The molecule has 2 saturated heterocycles. The number of nitrogens with one attached hydrogen (secondary N) is 1. The van der Waals surface area contributed by atoms with Crippen LogP contribution in [0.1, 0.15) is 31.4 Å². The number of hydrogen-bond acceptors (Lipinski definition) is 3. The van der Waals surface area contributed by atoms with E-state index in [1.807, 2.05) is 6.07 Å². The third-order valence-electron chi connectivity index (χ3n) is 4.59. The first-order chi connectivity index (χ1) is 9.75. The summed E-state index contributed by atoms with van der Waals surface area (Å²) < 4.78 is 13.7. The molecule has 3 nitrogen and oxygen atoms in total. The third kappa shape index (κ3) is 2.81. The second-order valence-electron chi connectivity index (χ2n) is 5.86. The molecule has 2 aliphatic rings. The van der Waals surface area contributed by atoms with Gasteiger partial charge in [-0.25, -0.2) is 4.39 Å². The van der Waals surface area contributed by atoms with E-state index in [9.17, 15) is 4.39 Å². The molecular weight excluding hydrogens is 253 g/mol. The van der Waals surface area contributed by atoms with Gasteiger partial charge < -0.3 is 10.2 Å². The minimum absolute atomic E-state index is 0.122. The van der Waals surface area contributed by atoms with Gasteiger partial charge in [-0.2, -0.15) is 0 Å². The SMILES string of the molecule is CC(c1ccc(F)cc1N1CCCC1)N1CCNCC1. The van der Waals surface area contributed by atoms with Crippen molar-refractivity contribution in [2.45, 2.75) is 25.8 Å². The van der Waals surface area contributed by atoms with Crippen LogP contribution in [0.5, 0.6) is 0 Å². The Hall–Kier alpha value is -1.13. The zero-order valence-corrected chi connectivity index (χ0v) is 12.2. The molecule has 3 rings (SSSR count). The van der Waals surface area contributed by atoms with E-state index < -0.39 is 0 Å². The van der Waals surface area contributed by atoms with Crippen LogP contribution in [0.3, 0.4) is 0 Å². The summed E-state index contributed by atoms with van der Waals surface area (Å²) in [6.45, 7) is 8.60. The molecule has 0 radical (unpaired) electrons. The first kappa shape index (κ1) is 13.8. The molecule has 0 amide bonds. The zero-order chi connectivity index (χ0) is 13.9. The van der Waals surface area contributed by atoms with E-state index >= 15 is 0 Å². The highest BCUT2D eigenvalue weighted by molar-refractivity contribution is 5.56. The number of halogens is 1. The summed E-state index contributed by atoms with van der Waals surface area (Å²) >= 11 is 0. The molecule has 0 aliphatic carbocycles. The Labute approximate surface area is 120 Å². The van der Waals surface area contributed by atoms with Gasteiger partial charge in [0.05, 0.1) is 0 Å². The van der Waals surface area contributed by atoms with Crippen LogP contribution in [-0.2, 0) is 0 Å². The standard InChI is InChI=1S/C16H24FN3/c1-13(19-10-6-18-7-11-19)15-5-4-14(17)12-16(15)20-8-2-3-9-20/h4-5,12-13,18H,2-3,6-11H2,1H3. The van der Waals surface area contributed by atoms with Gasteiger partial charge in [-0.1, -0.05) is 6.07 Å². The molecule has 1 unspecified atom stereocenters. The number of benzene rings is 1. The molecule has 0 spiro atoms. The molecular formula is C16H24FN3. The highest BCUT2D eigenvalue weighted by Gasteiger charge is 2.24. The second kappa shape index (κ2) is 6.10. The van der Waals surface area contributed by atoms with Crippen molar-refractivity contribution in [1.29, 1.82) is 0 Å². The molecule has 4 heteroatoms. The van der Waals surface area contributed by atoms with Gasteiger partial charge in [0, 0.05) is 51.0 Å². The highest BCUT2D eigenvalue weighted by atomic mass is 19.1. The Morgan fingerprint density at radius 2 is 1.80 bits per heavy atom.